The van der Waals surface area contributed by atoms with Crippen LogP contribution in [0.5, 0.6) is 5.88 Å². The van der Waals surface area contributed by atoms with E-state index in [1.807, 2.05) is 5.32 Å². The summed E-state index contributed by atoms with van der Waals surface area (Å²) in [6.45, 7) is -0.769. The smallest absolute Gasteiger partial charge is 0.424 e. The van der Waals surface area contributed by atoms with Crippen LogP contribution in [0.1, 0.15) is 0 Å². The Kier molecular flexibility index (Phi) is 2.11. The Balaban J connectivity index is 2.56. The van der Waals surface area contributed by atoms with E-state index in [0.29, 0.717) is 6.07 Å². The number of alkyl halides is 3. The van der Waals surface area contributed by atoms with Crippen LogP contribution in [0.2, 0.25) is 0 Å². The predicted octanol–water partition coefficient (Wildman–Crippen LogP) is 0.309. The van der Waals surface area contributed by atoms with Crippen LogP contribution in [0.15, 0.2) is 10.9 Å². The van der Waals surface area contributed by atoms with Gasteiger partial charge in [0.15, 0.2) is 0 Å². The fourth-order valence-electron chi connectivity index (χ4n) is 1.53. The highest BCUT2D eigenvalue weighted by Crippen LogP contribution is 2.37. The number of hydrogen-bond acceptors (Lipinski definition) is 4. The van der Waals surface area contributed by atoms with Crippen LogP contribution < -0.4 is 10.9 Å². The molecule has 1 aromatic rings. The standard InChI is InChI=1S/C9H6F3N3O2/c1-2-8(9(10,11)12)4-15-6(17)3-5(16)13-7(15)14-8/h1,3,16H,4H2,(H,13,14). The van der Waals surface area contributed by atoms with Crippen molar-refractivity contribution in [3.05, 3.63) is 16.4 Å². The second kappa shape index (κ2) is 3.16. The number of hydrogen-bond donors (Lipinski definition) is 2. The molecule has 1 atom stereocenters. The van der Waals surface area contributed by atoms with Crippen molar-refractivity contribution in [2.24, 2.45) is 0 Å². The lowest BCUT2D eigenvalue weighted by atomic mass is 10.0. The first kappa shape index (κ1) is 11.3. The van der Waals surface area contributed by atoms with Crippen LogP contribution in [-0.4, -0.2) is 26.4 Å². The number of rotatable bonds is 0. The predicted molar refractivity (Wildman–Crippen MR) is 51.4 cm³/mol. The van der Waals surface area contributed by atoms with E-state index in [2.05, 4.69) is 4.98 Å². The van der Waals surface area contributed by atoms with Crippen molar-refractivity contribution in [2.45, 2.75) is 18.3 Å². The van der Waals surface area contributed by atoms with E-state index >= 15 is 0 Å². The van der Waals surface area contributed by atoms with Gasteiger partial charge in [0.2, 0.25) is 17.4 Å². The number of halogens is 3. The summed E-state index contributed by atoms with van der Waals surface area (Å²) in [5.41, 5.74) is -3.47. The Morgan fingerprint density at radius 3 is 2.82 bits per heavy atom. The molecule has 0 amide bonds. The first-order chi connectivity index (χ1) is 7.79. The maximum atomic E-state index is 12.8. The molecule has 0 radical (unpaired) electrons. The van der Waals surface area contributed by atoms with Gasteiger partial charge in [-0.2, -0.15) is 18.2 Å². The van der Waals surface area contributed by atoms with Crippen molar-refractivity contribution in [3.8, 4) is 18.2 Å². The van der Waals surface area contributed by atoms with Gasteiger partial charge in [-0.05, 0) is 0 Å². The summed E-state index contributed by atoms with van der Waals surface area (Å²) in [5.74, 6) is 0.532. The van der Waals surface area contributed by atoms with Gasteiger partial charge in [0, 0.05) is 0 Å². The fraction of sp³-hybridized carbons (Fsp3) is 0.333. The van der Waals surface area contributed by atoms with E-state index in [-0.39, 0.29) is 0 Å². The van der Waals surface area contributed by atoms with Gasteiger partial charge < -0.3 is 10.4 Å². The Morgan fingerprint density at radius 2 is 2.29 bits per heavy atom. The second-order valence-electron chi connectivity index (χ2n) is 3.53. The van der Waals surface area contributed by atoms with E-state index < -0.39 is 35.6 Å². The molecule has 1 unspecified atom stereocenters. The van der Waals surface area contributed by atoms with Crippen molar-refractivity contribution in [1.29, 1.82) is 0 Å². The zero-order valence-corrected chi connectivity index (χ0v) is 8.25. The molecule has 0 fully saturated rings. The molecule has 0 saturated carbocycles. The molecule has 0 spiro atoms. The van der Waals surface area contributed by atoms with Gasteiger partial charge in [0.05, 0.1) is 12.6 Å². The Bertz CT molecular complexity index is 572. The number of anilines is 1. The molecule has 1 aromatic heterocycles. The average Bonchev–Trinajstić information content (AvgIpc) is 2.57. The van der Waals surface area contributed by atoms with Gasteiger partial charge in [-0.1, -0.05) is 5.92 Å². The molecule has 0 aliphatic carbocycles. The lowest BCUT2D eigenvalue weighted by Crippen LogP contribution is -2.50. The maximum absolute atomic E-state index is 12.8. The first-order valence-corrected chi connectivity index (χ1v) is 4.42. The average molecular weight is 245 g/mol. The highest BCUT2D eigenvalue weighted by molar-refractivity contribution is 5.45. The molecule has 1 aliphatic rings. The summed E-state index contributed by atoms with van der Waals surface area (Å²) in [5, 5.41) is 11.0. The van der Waals surface area contributed by atoms with E-state index in [4.69, 9.17) is 11.5 Å². The quantitative estimate of drug-likeness (QED) is 0.645. The number of aromatic nitrogens is 2. The molecule has 17 heavy (non-hydrogen) atoms. The number of nitrogens with one attached hydrogen (secondary N) is 1. The molecule has 8 heteroatoms. The minimum atomic E-state index is -4.74. The van der Waals surface area contributed by atoms with Crippen molar-refractivity contribution < 1.29 is 18.3 Å². The lowest BCUT2D eigenvalue weighted by molar-refractivity contribution is -0.162. The van der Waals surface area contributed by atoms with Crippen LogP contribution >= 0.6 is 0 Å². The van der Waals surface area contributed by atoms with Crippen LogP contribution in [0.25, 0.3) is 0 Å². The maximum Gasteiger partial charge on any atom is 0.424 e. The summed E-state index contributed by atoms with van der Waals surface area (Å²) in [4.78, 5) is 14.7. The largest absolute Gasteiger partial charge is 0.493 e. The summed E-state index contributed by atoms with van der Waals surface area (Å²) >= 11 is 0. The van der Waals surface area contributed by atoms with E-state index in [9.17, 15) is 18.0 Å². The van der Waals surface area contributed by atoms with Crippen LogP contribution in [0.4, 0.5) is 19.1 Å². The van der Waals surface area contributed by atoms with Gasteiger partial charge in [-0.15, -0.1) is 6.42 Å². The molecule has 2 N–H and O–H groups in total. The third kappa shape index (κ3) is 1.51. The van der Waals surface area contributed by atoms with Gasteiger partial charge in [-0.3, -0.25) is 9.36 Å². The number of fused-ring (bicyclic) bond motifs is 1. The summed E-state index contributed by atoms with van der Waals surface area (Å²) in [6, 6.07) is 0.716. The summed E-state index contributed by atoms with van der Waals surface area (Å²) in [6.07, 6.45) is 0.146. The molecule has 0 aromatic carbocycles. The topological polar surface area (TPSA) is 67.1 Å². The highest BCUT2D eigenvalue weighted by atomic mass is 19.4. The SMILES string of the molecule is C#CC1(C(F)(F)F)Cn2c(nc(O)cc2=O)N1. The van der Waals surface area contributed by atoms with E-state index in [1.54, 1.807) is 5.92 Å². The van der Waals surface area contributed by atoms with Crippen LogP contribution in [-0.2, 0) is 6.54 Å². The molecular formula is C9H6F3N3O2. The fourth-order valence-corrected chi connectivity index (χ4v) is 1.53. The molecule has 5 nitrogen and oxygen atoms in total. The molecular weight excluding hydrogens is 239 g/mol. The number of aromatic hydroxyl groups is 1. The Labute approximate surface area is 92.9 Å². The molecule has 90 valence electrons. The third-order valence-electron chi connectivity index (χ3n) is 2.45. The van der Waals surface area contributed by atoms with Crippen molar-refractivity contribution in [1.82, 2.24) is 9.55 Å². The van der Waals surface area contributed by atoms with Gasteiger partial charge >= 0.3 is 6.18 Å². The van der Waals surface area contributed by atoms with Gasteiger partial charge in [-0.25, -0.2) is 0 Å². The molecule has 1 aliphatic heterocycles. The zero-order chi connectivity index (χ0) is 12.8. The first-order valence-electron chi connectivity index (χ1n) is 4.42. The molecule has 2 rings (SSSR count). The highest BCUT2D eigenvalue weighted by Gasteiger charge is 2.58. The number of terminal acetylenes is 1. The van der Waals surface area contributed by atoms with Crippen LogP contribution in [0.3, 0.4) is 0 Å². The minimum absolute atomic E-state index is 0.398. The Hall–Kier alpha value is -2.17. The normalized spacial score (nSPS) is 22.7. The monoisotopic (exact) mass is 245 g/mol. The minimum Gasteiger partial charge on any atom is -0.493 e. The molecule has 0 saturated heterocycles. The van der Waals surface area contributed by atoms with Crippen molar-refractivity contribution in [3.63, 3.8) is 0 Å². The van der Waals surface area contributed by atoms with E-state index in [0.717, 1.165) is 4.57 Å². The zero-order valence-electron chi connectivity index (χ0n) is 8.25. The van der Waals surface area contributed by atoms with Crippen LogP contribution in [0, 0.1) is 12.3 Å². The summed E-state index contributed by atoms with van der Waals surface area (Å²) < 4.78 is 39.1. The molecule has 0 bridgehead atoms. The Morgan fingerprint density at radius 1 is 1.65 bits per heavy atom. The number of nitrogens with zero attached hydrogens (tertiary/aromatic N) is 2. The van der Waals surface area contributed by atoms with E-state index in [1.165, 1.54) is 0 Å². The summed E-state index contributed by atoms with van der Waals surface area (Å²) in [7, 11) is 0. The van der Waals surface area contributed by atoms with Gasteiger partial charge in [0.1, 0.15) is 0 Å². The van der Waals surface area contributed by atoms with Crippen molar-refractivity contribution in [2.75, 3.05) is 5.32 Å². The lowest BCUT2D eigenvalue weighted by Gasteiger charge is -2.25. The van der Waals surface area contributed by atoms with Gasteiger partial charge in [0.25, 0.3) is 5.56 Å². The molecule has 2 heterocycles. The third-order valence-corrected chi connectivity index (χ3v) is 2.45. The second-order valence-corrected chi connectivity index (χ2v) is 3.53. The van der Waals surface area contributed by atoms with Crippen molar-refractivity contribution >= 4 is 5.95 Å².